The quantitative estimate of drug-likeness (QED) is 0.566. The molecule has 1 atom stereocenters. The van der Waals surface area contributed by atoms with Crippen LogP contribution in [0.2, 0.25) is 0 Å². The van der Waals surface area contributed by atoms with Crippen molar-refractivity contribution in [2.45, 2.75) is 17.4 Å². The maximum absolute atomic E-state index is 13.5. The number of nitrogens with zero attached hydrogens (tertiary/aromatic N) is 2. The number of benzene rings is 3. The molecule has 4 rings (SSSR count). The molecule has 0 amide bonds. The lowest BCUT2D eigenvalue weighted by Gasteiger charge is -2.23. The molecule has 0 aromatic heterocycles. The molecule has 0 aliphatic carbocycles. The molecule has 172 valence electrons. The van der Waals surface area contributed by atoms with E-state index in [1.807, 2.05) is 0 Å². The molecule has 3 aromatic carbocycles. The zero-order valence-corrected chi connectivity index (χ0v) is 18.9. The van der Waals surface area contributed by atoms with E-state index in [-0.39, 0.29) is 11.3 Å². The highest BCUT2D eigenvalue weighted by Crippen LogP contribution is 2.37. The molecule has 3 aromatic rings. The van der Waals surface area contributed by atoms with Crippen molar-refractivity contribution in [3.63, 3.8) is 0 Å². The number of hydrogen-bond acceptors (Lipinski definition) is 5. The Balaban J connectivity index is 1.78. The van der Waals surface area contributed by atoms with E-state index in [9.17, 15) is 25.6 Å². The van der Waals surface area contributed by atoms with Gasteiger partial charge in [0.05, 0.1) is 22.9 Å². The van der Waals surface area contributed by atoms with Gasteiger partial charge >= 0.3 is 0 Å². The highest BCUT2D eigenvalue weighted by molar-refractivity contribution is 7.92. The fourth-order valence-electron chi connectivity index (χ4n) is 3.51. The molecule has 0 radical (unpaired) electrons. The summed E-state index contributed by atoms with van der Waals surface area (Å²) in [7, 11) is -7.68. The van der Waals surface area contributed by atoms with E-state index in [0.29, 0.717) is 22.5 Å². The van der Waals surface area contributed by atoms with Gasteiger partial charge < -0.3 is 0 Å². The van der Waals surface area contributed by atoms with Crippen LogP contribution in [-0.4, -0.2) is 33.2 Å². The van der Waals surface area contributed by atoms with E-state index < -0.39 is 37.7 Å². The Morgan fingerprint density at radius 1 is 0.909 bits per heavy atom. The summed E-state index contributed by atoms with van der Waals surface area (Å²) in [4.78, 5) is -0.145. The minimum absolute atomic E-state index is 0.145. The van der Waals surface area contributed by atoms with Crippen molar-refractivity contribution in [1.82, 2.24) is 4.41 Å². The molecule has 11 heteroatoms. The molecule has 1 heterocycles. The van der Waals surface area contributed by atoms with Crippen LogP contribution in [0.5, 0.6) is 0 Å². The zero-order valence-electron chi connectivity index (χ0n) is 17.3. The Bertz CT molecular complexity index is 1420. The molecule has 0 spiro atoms. The Kier molecular flexibility index (Phi) is 5.93. The molecule has 33 heavy (non-hydrogen) atoms. The summed E-state index contributed by atoms with van der Waals surface area (Å²) in [5.41, 5.74) is 1.74. The van der Waals surface area contributed by atoms with Gasteiger partial charge in [0.15, 0.2) is 0 Å². The van der Waals surface area contributed by atoms with Gasteiger partial charge in [0.25, 0.3) is 10.0 Å². The number of rotatable bonds is 6. The lowest BCUT2D eigenvalue weighted by Crippen LogP contribution is -2.27. The van der Waals surface area contributed by atoms with E-state index in [1.54, 1.807) is 24.3 Å². The number of nitrogens with one attached hydrogen (secondary N) is 1. The van der Waals surface area contributed by atoms with Gasteiger partial charge in [-0.3, -0.25) is 4.72 Å². The van der Waals surface area contributed by atoms with Gasteiger partial charge in [-0.2, -0.15) is 17.9 Å². The van der Waals surface area contributed by atoms with Crippen LogP contribution in [0.25, 0.3) is 0 Å². The molecule has 1 N–H and O–H groups in total. The second kappa shape index (κ2) is 8.56. The first-order valence-corrected chi connectivity index (χ1v) is 13.1. The summed E-state index contributed by atoms with van der Waals surface area (Å²) >= 11 is 0. The van der Waals surface area contributed by atoms with E-state index in [2.05, 4.69) is 9.82 Å². The third-order valence-corrected chi connectivity index (χ3v) is 7.29. The Labute approximate surface area is 190 Å². The fourth-order valence-corrected chi connectivity index (χ4v) is 5.50. The van der Waals surface area contributed by atoms with Crippen molar-refractivity contribution in [2.24, 2.45) is 5.10 Å². The van der Waals surface area contributed by atoms with Crippen LogP contribution >= 0.6 is 0 Å². The number of hydrogen-bond donors (Lipinski definition) is 1. The summed E-state index contributed by atoms with van der Waals surface area (Å²) in [5.74, 6) is -1.05. The van der Waals surface area contributed by atoms with Crippen LogP contribution in [0.15, 0.2) is 82.8 Å². The van der Waals surface area contributed by atoms with Crippen LogP contribution in [-0.2, 0) is 20.0 Å². The van der Waals surface area contributed by atoms with Crippen LogP contribution in [0.4, 0.5) is 14.5 Å². The van der Waals surface area contributed by atoms with E-state index in [0.717, 1.165) is 34.9 Å². The molecule has 0 fully saturated rings. The van der Waals surface area contributed by atoms with Gasteiger partial charge in [-0.05, 0) is 59.7 Å². The minimum Gasteiger partial charge on any atom is -0.284 e. The number of hydrazone groups is 1. The van der Waals surface area contributed by atoms with Gasteiger partial charge in [0, 0.05) is 12.1 Å². The Hall–Kier alpha value is -3.31. The van der Waals surface area contributed by atoms with Crippen molar-refractivity contribution in [2.75, 3.05) is 11.0 Å². The molecule has 0 saturated heterocycles. The second-order valence-electron chi connectivity index (χ2n) is 7.50. The van der Waals surface area contributed by atoms with Crippen LogP contribution in [0.1, 0.15) is 23.6 Å². The number of halogens is 2. The van der Waals surface area contributed by atoms with Crippen LogP contribution in [0.3, 0.4) is 0 Å². The van der Waals surface area contributed by atoms with Gasteiger partial charge in [0.2, 0.25) is 10.0 Å². The largest absolute Gasteiger partial charge is 0.284 e. The van der Waals surface area contributed by atoms with Gasteiger partial charge in [-0.1, -0.05) is 24.3 Å². The summed E-state index contributed by atoms with van der Waals surface area (Å²) in [6, 6.07) is 15.4. The van der Waals surface area contributed by atoms with E-state index in [4.69, 9.17) is 0 Å². The third-order valence-electron chi connectivity index (χ3n) is 4.98. The minimum atomic E-state index is -4.17. The molecule has 0 bridgehead atoms. The average molecular weight is 492 g/mol. The first-order valence-electron chi connectivity index (χ1n) is 9.74. The average Bonchev–Trinajstić information content (AvgIpc) is 3.20. The second-order valence-corrected chi connectivity index (χ2v) is 11.0. The first kappa shape index (κ1) is 22.9. The predicted octanol–water partition coefficient (Wildman–Crippen LogP) is 3.88. The molecule has 0 saturated carbocycles. The summed E-state index contributed by atoms with van der Waals surface area (Å²) in [6.07, 6.45) is 1.18. The summed E-state index contributed by atoms with van der Waals surface area (Å²) in [6.45, 7) is 0. The Morgan fingerprint density at radius 2 is 1.52 bits per heavy atom. The van der Waals surface area contributed by atoms with Gasteiger partial charge in [0.1, 0.15) is 11.6 Å². The Morgan fingerprint density at radius 3 is 2.12 bits per heavy atom. The zero-order chi connectivity index (χ0) is 23.8. The third kappa shape index (κ3) is 5.04. The van der Waals surface area contributed by atoms with Gasteiger partial charge in [-0.15, -0.1) is 0 Å². The predicted molar refractivity (Wildman–Crippen MR) is 121 cm³/mol. The number of anilines is 1. The van der Waals surface area contributed by atoms with Crippen molar-refractivity contribution >= 4 is 31.4 Å². The van der Waals surface area contributed by atoms with Gasteiger partial charge in [-0.25, -0.2) is 17.2 Å². The van der Waals surface area contributed by atoms with Crippen molar-refractivity contribution in [3.05, 3.63) is 95.6 Å². The van der Waals surface area contributed by atoms with E-state index >= 15 is 0 Å². The summed E-state index contributed by atoms with van der Waals surface area (Å²) in [5, 5.41) is 4.34. The van der Waals surface area contributed by atoms with Crippen molar-refractivity contribution in [1.29, 1.82) is 0 Å². The molecule has 1 aliphatic rings. The molecule has 0 unspecified atom stereocenters. The normalized spacial score (nSPS) is 16.5. The first-order chi connectivity index (χ1) is 15.5. The standard InChI is InChI=1S/C22H19F2N3O4S2/c1-32(28,29)26-19-4-2-3-16(13-19)21-14-22(15-5-7-17(23)8-6-15)27(25-21)33(30,31)20-11-9-18(24)10-12-20/h2-13,22,26H,14H2,1H3/t22-/m0/s1. The molecular formula is C22H19F2N3O4S2. The van der Waals surface area contributed by atoms with E-state index in [1.165, 1.54) is 24.3 Å². The topological polar surface area (TPSA) is 95.9 Å². The van der Waals surface area contributed by atoms with Crippen molar-refractivity contribution < 1.29 is 25.6 Å². The molecule has 1 aliphatic heterocycles. The SMILES string of the molecule is CS(=O)(=O)Nc1cccc(C2=NN(S(=O)(=O)c3ccc(F)cc3)[C@H](c3ccc(F)cc3)C2)c1. The van der Waals surface area contributed by atoms with Crippen LogP contribution < -0.4 is 4.72 Å². The monoisotopic (exact) mass is 491 g/mol. The lowest BCUT2D eigenvalue weighted by atomic mass is 9.99. The highest BCUT2D eigenvalue weighted by Gasteiger charge is 2.37. The number of sulfonamides is 2. The smallest absolute Gasteiger partial charge is 0.279 e. The van der Waals surface area contributed by atoms with Crippen LogP contribution in [0, 0.1) is 11.6 Å². The maximum atomic E-state index is 13.5. The molecule has 7 nitrogen and oxygen atoms in total. The fraction of sp³-hybridized carbons (Fsp3) is 0.136. The van der Waals surface area contributed by atoms with Crippen molar-refractivity contribution in [3.8, 4) is 0 Å². The molecular weight excluding hydrogens is 472 g/mol. The maximum Gasteiger partial charge on any atom is 0.279 e. The highest BCUT2D eigenvalue weighted by atomic mass is 32.2. The lowest BCUT2D eigenvalue weighted by molar-refractivity contribution is 0.371. The summed E-state index contributed by atoms with van der Waals surface area (Å²) < 4.78 is 80.0.